The van der Waals surface area contributed by atoms with Crippen LogP contribution >= 0.6 is 15.9 Å². The standard InChI is InChI=1S/C15H19BrFN3/c1-11(10-20-6-5-19-12(20)2)8-18-9-13-7-14(16)3-4-15(13)17/h3-7,11,18H,8-10H2,1-2H3. The lowest BCUT2D eigenvalue weighted by Crippen LogP contribution is -2.24. The average Bonchev–Trinajstić information content (AvgIpc) is 2.79. The quantitative estimate of drug-likeness (QED) is 0.872. The van der Waals surface area contributed by atoms with Gasteiger partial charge in [0.1, 0.15) is 11.6 Å². The number of nitrogens with zero attached hydrogens (tertiary/aromatic N) is 2. The maximum absolute atomic E-state index is 13.6. The predicted molar refractivity (Wildman–Crippen MR) is 81.9 cm³/mol. The normalized spacial score (nSPS) is 12.6. The second-order valence-corrected chi connectivity index (χ2v) is 6.01. The van der Waals surface area contributed by atoms with E-state index in [9.17, 15) is 4.39 Å². The van der Waals surface area contributed by atoms with Crippen LogP contribution in [0.1, 0.15) is 18.3 Å². The van der Waals surface area contributed by atoms with Crippen molar-refractivity contribution in [3.63, 3.8) is 0 Å². The zero-order valence-corrected chi connectivity index (χ0v) is 13.3. The highest BCUT2D eigenvalue weighted by molar-refractivity contribution is 9.10. The van der Waals surface area contributed by atoms with Crippen molar-refractivity contribution in [1.29, 1.82) is 0 Å². The summed E-state index contributed by atoms with van der Waals surface area (Å²) in [6.45, 7) is 6.46. The molecule has 0 radical (unpaired) electrons. The maximum Gasteiger partial charge on any atom is 0.127 e. The number of imidazole rings is 1. The fraction of sp³-hybridized carbons (Fsp3) is 0.400. The van der Waals surface area contributed by atoms with E-state index < -0.39 is 0 Å². The Morgan fingerprint density at radius 3 is 2.95 bits per heavy atom. The van der Waals surface area contributed by atoms with E-state index in [-0.39, 0.29) is 5.82 Å². The molecule has 1 unspecified atom stereocenters. The van der Waals surface area contributed by atoms with E-state index in [0.717, 1.165) is 23.4 Å². The first-order valence-corrected chi connectivity index (χ1v) is 7.48. The van der Waals surface area contributed by atoms with Crippen LogP contribution in [0.25, 0.3) is 0 Å². The summed E-state index contributed by atoms with van der Waals surface area (Å²) in [5.41, 5.74) is 0.686. The molecular weight excluding hydrogens is 321 g/mol. The van der Waals surface area contributed by atoms with Gasteiger partial charge in [-0.2, -0.15) is 0 Å². The second-order valence-electron chi connectivity index (χ2n) is 5.10. The smallest absolute Gasteiger partial charge is 0.127 e. The molecule has 0 spiro atoms. The Hall–Kier alpha value is -1.20. The van der Waals surface area contributed by atoms with Gasteiger partial charge in [-0.15, -0.1) is 0 Å². The number of aromatic nitrogens is 2. The molecule has 0 aliphatic heterocycles. The molecule has 0 fully saturated rings. The minimum atomic E-state index is -0.168. The highest BCUT2D eigenvalue weighted by atomic mass is 79.9. The van der Waals surface area contributed by atoms with Crippen molar-refractivity contribution >= 4 is 15.9 Å². The zero-order chi connectivity index (χ0) is 14.5. The van der Waals surface area contributed by atoms with E-state index in [1.54, 1.807) is 6.07 Å². The van der Waals surface area contributed by atoms with Crippen LogP contribution in [0, 0.1) is 18.7 Å². The van der Waals surface area contributed by atoms with E-state index in [1.807, 2.05) is 25.4 Å². The van der Waals surface area contributed by atoms with Crippen LogP contribution in [0.15, 0.2) is 35.1 Å². The number of aryl methyl sites for hydroxylation is 1. The van der Waals surface area contributed by atoms with Crippen molar-refractivity contribution in [2.45, 2.75) is 26.9 Å². The molecular formula is C15H19BrFN3. The molecule has 2 aromatic rings. The molecule has 1 aromatic heterocycles. The first-order chi connectivity index (χ1) is 9.56. The van der Waals surface area contributed by atoms with Crippen molar-refractivity contribution in [1.82, 2.24) is 14.9 Å². The Morgan fingerprint density at radius 2 is 2.25 bits per heavy atom. The van der Waals surface area contributed by atoms with Gasteiger partial charge < -0.3 is 9.88 Å². The highest BCUT2D eigenvalue weighted by Crippen LogP contribution is 2.15. The van der Waals surface area contributed by atoms with E-state index in [4.69, 9.17) is 0 Å². The molecule has 2 rings (SSSR count). The van der Waals surface area contributed by atoms with E-state index in [2.05, 4.69) is 37.7 Å². The number of nitrogens with one attached hydrogen (secondary N) is 1. The predicted octanol–water partition coefficient (Wildman–Crippen LogP) is 3.52. The van der Waals surface area contributed by atoms with Gasteiger partial charge in [-0.05, 0) is 37.6 Å². The Balaban J connectivity index is 1.81. The Morgan fingerprint density at radius 1 is 1.45 bits per heavy atom. The summed E-state index contributed by atoms with van der Waals surface area (Å²) >= 11 is 3.36. The molecule has 3 nitrogen and oxygen atoms in total. The monoisotopic (exact) mass is 339 g/mol. The molecule has 1 heterocycles. The van der Waals surface area contributed by atoms with Gasteiger partial charge in [0.25, 0.3) is 0 Å². The third kappa shape index (κ3) is 4.15. The summed E-state index contributed by atoms with van der Waals surface area (Å²) in [5, 5.41) is 3.31. The summed E-state index contributed by atoms with van der Waals surface area (Å²) < 4.78 is 16.6. The minimum Gasteiger partial charge on any atom is -0.335 e. The van der Waals surface area contributed by atoms with Crippen LogP contribution in [0.5, 0.6) is 0 Å². The summed E-state index contributed by atoms with van der Waals surface area (Å²) in [6.07, 6.45) is 3.80. The van der Waals surface area contributed by atoms with Gasteiger partial charge in [0.2, 0.25) is 0 Å². The maximum atomic E-state index is 13.6. The highest BCUT2D eigenvalue weighted by Gasteiger charge is 2.07. The van der Waals surface area contributed by atoms with Crippen molar-refractivity contribution in [2.75, 3.05) is 6.54 Å². The lowest BCUT2D eigenvalue weighted by Gasteiger charge is -2.14. The summed E-state index contributed by atoms with van der Waals surface area (Å²) in [7, 11) is 0. The topological polar surface area (TPSA) is 29.9 Å². The Kier molecular flexibility index (Phi) is 5.31. The molecule has 0 saturated carbocycles. The zero-order valence-electron chi connectivity index (χ0n) is 11.7. The lowest BCUT2D eigenvalue weighted by molar-refractivity contribution is 0.437. The molecule has 1 aromatic carbocycles. The molecule has 1 N–H and O–H groups in total. The minimum absolute atomic E-state index is 0.168. The van der Waals surface area contributed by atoms with E-state index >= 15 is 0 Å². The lowest BCUT2D eigenvalue weighted by atomic mass is 10.1. The molecule has 108 valence electrons. The number of rotatable bonds is 6. The van der Waals surface area contributed by atoms with Crippen LogP contribution in [0.4, 0.5) is 4.39 Å². The molecule has 20 heavy (non-hydrogen) atoms. The number of benzene rings is 1. The fourth-order valence-electron chi connectivity index (χ4n) is 2.13. The fourth-order valence-corrected chi connectivity index (χ4v) is 2.54. The van der Waals surface area contributed by atoms with Gasteiger partial charge in [-0.25, -0.2) is 9.37 Å². The van der Waals surface area contributed by atoms with Crippen LogP contribution in [-0.4, -0.2) is 16.1 Å². The first kappa shape index (κ1) is 15.2. The Labute approximate surface area is 127 Å². The van der Waals surface area contributed by atoms with E-state index in [0.29, 0.717) is 18.0 Å². The molecule has 5 heteroatoms. The number of hydrogen-bond donors (Lipinski definition) is 1. The van der Waals surface area contributed by atoms with Gasteiger partial charge in [0.05, 0.1) is 0 Å². The largest absolute Gasteiger partial charge is 0.335 e. The summed E-state index contributed by atoms with van der Waals surface area (Å²) in [5.74, 6) is 1.31. The molecule has 0 amide bonds. The molecule has 1 atom stereocenters. The van der Waals surface area contributed by atoms with Crippen molar-refractivity contribution in [3.8, 4) is 0 Å². The molecule has 0 aliphatic rings. The number of halogens is 2. The van der Waals surface area contributed by atoms with E-state index in [1.165, 1.54) is 6.07 Å². The first-order valence-electron chi connectivity index (χ1n) is 6.68. The third-order valence-electron chi connectivity index (χ3n) is 3.25. The SMILES string of the molecule is Cc1nccn1CC(C)CNCc1cc(Br)ccc1F. The van der Waals surface area contributed by atoms with Crippen molar-refractivity contribution in [2.24, 2.45) is 5.92 Å². The third-order valence-corrected chi connectivity index (χ3v) is 3.74. The molecule has 0 aliphatic carbocycles. The van der Waals surface area contributed by atoms with Gasteiger partial charge in [0.15, 0.2) is 0 Å². The van der Waals surface area contributed by atoms with Crippen LogP contribution in [0.2, 0.25) is 0 Å². The number of hydrogen-bond acceptors (Lipinski definition) is 2. The van der Waals surface area contributed by atoms with Gasteiger partial charge in [-0.1, -0.05) is 22.9 Å². The van der Waals surface area contributed by atoms with Gasteiger partial charge in [0, 0.05) is 35.5 Å². The Bertz CT molecular complexity index is 568. The average molecular weight is 340 g/mol. The molecule has 0 saturated heterocycles. The van der Waals surface area contributed by atoms with Crippen LogP contribution in [0.3, 0.4) is 0 Å². The second kappa shape index (κ2) is 6.99. The van der Waals surface area contributed by atoms with Crippen LogP contribution < -0.4 is 5.32 Å². The van der Waals surface area contributed by atoms with Crippen molar-refractivity contribution in [3.05, 3.63) is 52.3 Å². The van der Waals surface area contributed by atoms with Crippen molar-refractivity contribution < 1.29 is 4.39 Å². The van der Waals surface area contributed by atoms with Gasteiger partial charge in [-0.3, -0.25) is 0 Å². The van der Waals surface area contributed by atoms with Crippen LogP contribution in [-0.2, 0) is 13.1 Å². The summed E-state index contributed by atoms with van der Waals surface area (Å²) in [4.78, 5) is 4.21. The summed E-state index contributed by atoms with van der Waals surface area (Å²) in [6, 6.07) is 5.01. The van der Waals surface area contributed by atoms with Gasteiger partial charge >= 0.3 is 0 Å². The molecule has 0 bridgehead atoms.